The molecule has 0 aliphatic carbocycles. The van der Waals surface area contributed by atoms with Crippen LogP contribution in [0.2, 0.25) is 5.02 Å². The fraction of sp³-hybridized carbons (Fsp3) is 0.0323. The van der Waals surface area contributed by atoms with Crippen LogP contribution in [-0.4, -0.2) is 5.11 Å². The predicted octanol–water partition coefficient (Wildman–Crippen LogP) is 8.21. The van der Waals surface area contributed by atoms with Crippen LogP contribution in [0.4, 0.5) is 17.1 Å². The van der Waals surface area contributed by atoms with E-state index in [0.29, 0.717) is 5.02 Å². The van der Waals surface area contributed by atoms with E-state index in [9.17, 15) is 5.11 Å². The molecule has 3 heteroatoms. The fourth-order valence-corrected chi connectivity index (χ4v) is 5.60. The number of phenols is 1. The van der Waals surface area contributed by atoms with Crippen LogP contribution >= 0.6 is 11.6 Å². The van der Waals surface area contributed by atoms with Crippen LogP contribution < -0.4 is 4.90 Å². The van der Waals surface area contributed by atoms with E-state index in [4.69, 9.17) is 11.6 Å². The number of fused-ring (bicyclic) bond motifs is 2. The molecule has 0 atom stereocenters. The zero-order chi connectivity index (χ0) is 23.1. The molecule has 34 heavy (non-hydrogen) atoms. The van der Waals surface area contributed by atoms with Crippen LogP contribution in [-0.2, 0) is 5.41 Å². The number of phenolic OH excluding ortho intramolecular Hbond substituents is 1. The summed E-state index contributed by atoms with van der Waals surface area (Å²) in [6, 6.07) is 43.6. The van der Waals surface area contributed by atoms with Gasteiger partial charge >= 0.3 is 0 Å². The van der Waals surface area contributed by atoms with Crippen LogP contribution in [0.25, 0.3) is 0 Å². The normalized spacial score (nSPS) is 13.7. The highest BCUT2D eigenvalue weighted by atomic mass is 35.5. The number of hydrogen-bond donors (Lipinski definition) is 1. The molecule has 164 valence electrons. The van der Waals surface area contributed by atoms with Crippen LogP contribution in [0.5, 0.6) is 5.75 Å². The smallest absolute Gasteiger partial charge is 0.119 e. The van der Waals surface area contributed by atoms with Crippen molar-refractivity contribution in [2.75, 3.05) is 4.90 Å². The van der Waals surface area contributed by atoms with Gasteiger partial charge in [0.15, 0.2) is 0 Å². The summed E-state index contributed by atoms with van der Waals surface area (Å²) in [6.07, 6.45) is 0. The predicted molar refractivity (Wildman–Crippen MR) is 140 cm³/mol. The molecule has 0 aromatic heterocycles. The lowest BCUT2D eigenvalue weighted by atomic mass is 9.62. The first kappa shape index (κ1) is 20.6. The molecule has 1 aliphatic rings. The number of halogens is 1. The van der Waals surface area contributed by atoms with Crippen molar-refractivity contribution in [3.63, 3.8) is 0 Å². The maximum atomic E-state index is 10.4. The van der Waals surface area contributed by atoms with E-state index in [0.717, 1.165) is 17.1 Å². The molecule has 0 radical (unpaired) electrons. The summed E-state index contributed by atoms with van der Waals surface area (Å²) >= 11 is 6.38. The van der Waals surface area contributed by atoms with E-state index in [1.165, 1.54) is 22.3 Å². The van der Waals surface area contributed by atoms with Crippen molar-refractivity contribution in [2.45, 2.75) is 5.41 Å². The van der Waals surface area contributed by atoms with Gasteiger partial charge in [-0.25, -0.2) is 0 Å². The van der Waals surface area contributed by atoms with Gasteiger partial charge in [-0.1, -0.05) is 109 Å². The Morgan fingerprint density at radius 1 is 0.559 bits per heavy atom. The van der Waals surface area contributed by atoms with Crippen LogP contribution in [0, 0.1) is 0 Å². The summed E-state index contributed by atoms with van der Waals surface area (Å²) in [5.74, 6) is 0.139. The average molecular weight is 460 g/mol. The Hall–Kier alpha value is -4.01. The lowest BCUT2D eigenvalue weighted by molar-refractivity contribution is 0.475. The first-order chi connectivity index (χ1) is 16.7. The summed E-state index contributed by atoms with van der Waals surface area (Å²) in [7, 11) is 0. The molecule has 0 amide bonds. The van der Waals surface area contributed by atoms with Gasteiger partial charge in [-0.05, 0) is 46.5 Å². The largest absolute Gasteiger partial charge is 0.508 e. The van der Waals surface area contributed by atoms with Gasteiger partial charge in [-0.2, -0.15) is 0 Å². The molecular formula is C31H22ClNO. The third kappa shape index (κ3) is 3.03. The highest BCUT2D eigenvalue weighted by Crippen LogP contribution is 2.57. The van der Waals surface area contributed by atoms with Gasteiger partial charge in [-0.15, -0.1) is 0 Å². The SMILES string of the molecule is Oc1cc(Cl)cc(N2c3ccccc3C(c3ccccc3)(c3ccccc3)c3ccccc32)c1. The van der Waals surface area contributed by atoms with E-state index in [-0.39, 0.29) is 5.75 Å². The summed E-state index contributed by atoms with van der Waals surface area (Å²) in [4.78, 5) is 2.19. The van der Waals surface area contributed by atoms with Crippen molar-refractivity contribution in [1.29, 1.82) is 0 Å². The molecule has 0 unspecified atom stereocenters. The average Bonchev–Trinajstić information content (AvgIpc) is 2.87. The van der Waals surface area contributed by atoms with Gasteiger partial charge in [0, 0.05) is 11.1 Å². The molecule has 1 heterocycles. The van der Waals surface area contributed by atoms with Crippen LogP contribution in [0.3, 0.4) is 0 Å². The lowest BCUT2D eigenvalue weighted by Crippen LogP contribution is -2.37. The minimum absolute atomic E-state index is 0.139. The Morgan fingerprint density at radius 3 is 1.53 bits per heavy atom. The Labute approximate surface area is 204 Å². The van der Waals surface area contributed by atoms with Crippen molar-refractivity contribution in [1.82, 2.24) is 0 Å². The van der Waals surface area contributed by atoms with Crippen molar-refractivity contribution in [3.05, 3.63) is 155 Å². The van der Waals surface area contributed by atoms with Gasteiger partial charge in [-0.3, -0.25) is 0 Å². The zero-order valence-corrected chi connectivity index (χ0v) is 19.2. The molecule has 0 fully saturated rings. The van der Waals surface area contributed by atoms with Crippen molar-refractivity contribution in [2.24, 2.45) is 0 Å². The summed E-state index contributed by atoms with van der Waals surface area (Å²) in [5, 5.41) is 10.9. The third-order valence-electron chi connectivity index (χ3n) is 6.64. The first-order valence-electron chi connectivity index (χ1n) is 11.3. The molecular weight excluding hydrogens is 438 g/mol. The number of anilines is 3. The van der Waals surface area contributed by atoms with Crippen molar-refractivity contribution >= 4 is 28.7 Å². The maximum absolute atomic E-state index is 10.4. The lowest BCUT2D eigenvalue weighted by Gasteiger charge is -2.46. The highest BCUT2D eigenvalue weighted by Gasteiger charge is 2.46. The van der Waals surface area contributed by atoms with E-state index in [2.05, 4.69) is 114 Å². The first-order valence-corrected chi connectivity index (χ1v) is 11.7. The topological polar surface area (TPSA) is 23.5 Å². The molecule has 6 rings (SSSR count). The van der Waals surface area contributed by atoms with Gasteiger partial charge in [0.2, 0.25) is 0 Å². The fourth-order valence-electron chi connectivity index (χ4n) is 5.38. The second-order valence-corrected chi connectivity index (χ2v) is 8.96. The van der Waals surface area contributed by atoms with Gasteiger partial charge in [0.25, 0.3) is 0 Å². The minimum atomic E-state index is -0.507. The molecule has 0 saturated heterocycles. The van der Waals surface area contributed by atoms with Gasteiger partial charge < -0.3 is 10.0 Å². The Balaban J connectivity index is 1.77. The molecule has 5 aromatic rings. The summed E-state index contributed by atoms with van der Waals surface area (Å²) in [6.45, 7) is 0. The van der Waals surface area contributed by atoms with E-state index in [1.807, 2.05) is 6.07 Å². The molecule has 5 aromatic carbocycles. The summed E-state index contributed by atoms with van der Waals surface area (Å²) < 4.78 is 0. The molecule has 0 saturated carbocycles. The third-order valence-corrected chi connectivity index (χ3v) is 6.86. The Kier molecular flexibility index (Phi) is 4.90. The van der Waals surface area contributed by atoms with Crippen LogP contribution in [0.1, 0.15) is 22.3 Å². The monoisotopic (exact) mass is 459 g/mol. The van der Waals surface area contributed by atoms with E-state index >= 15 is 0 Å². The second kappa shape index (κ2) is 8.09. The number of benzene rings is 5. The number of nitrogens with zero attached hydrogens (tertiary/aromatic N) is 1. The molecule has 1 N–H and O–H groups in total. The molecule has 1 aliphatic heterocycles. The van der Waals surface area contributed by atoms with Gasteiger partial charge in [0.05, 0.1) is 22.5 Å². The minimum Gasteiger partial charge on any atom is -0.508 e. The Bertz CT molecular complexity index is 1370. The number of rotatable bonds is 3. The second-order valence-electron chi connectivity index (χ2n) is 8.52. The van der Waals surface area contributed by atoms with E-state index in [1.54, 1.807) is 12.1 Å². The zero-order valence-electron chi connectivity index (χ0n) is 18.4. The van der Waals surface area contributed by atoms with Crippen molar-refractivity contribution < 1.29 is 5.11 Å². The molecule has 0 bridgehead atoms. The van der Waals surface area contributed by atoms with Gasteiger partial charge in [0.1, 0.15) is 5.75 Å². The number of para-hydroxylation sites is 2. The molecule has 0 spiro atoms. The van der Waals surface area contributed by atoms with Crippen LogP contribution in [0.15, 0.2) is 127 Å². The number of hydrogen-bond acceptors (Lipinski definition) is 2. The highest BCUT2D eigenvalue weighted by molar-refractivity contribution is 6.31. The maximum Gasteiger partial charge on any atom is 0.119 e. The summed E-state index contributed by atoms with van der Waals surface area (Å²) in [5.41, 5.74) is 7.17. The van der Waals surface area contributed by atoms with E-state index < -0.39 is 5.41 Å². The molecule has 2 nitrogen and oxygen atoms in total. The Morgan fingerprint density at radius 2 is 1.03 bits per heavy atom. The quantitative estimate of drug-likeness (QED) is 0.288. The van der Waals surface area contributed by atoms with Crippen molar-refractivity contribution in [3.8, 4) is 5.75 Å². The standard InChI is InChI=1S/C31H22ClNO/c32-24-19-25(21-26(34)20-24)33-29-17-9-7-15-27(29)31(22-11-3-1-4-12-22,23-13-5-2-6-14-23)28-16-8-10-18-30(28)33/h1-21,34H. The number of aromatic hydroxyl groups is 1.